The number of unbranched alkanes of at least 4 members (excludes halogenated alkanes) is 1. The Morgan fingerprint density at radius 3 is 2.73 bits per heavy atom. The number of carbonyl (C=O) groups excluding carboxylic acids is 1. The van der Waals surface area contributed by atoms with E-state index in [1.54, 1.807) is 12.4 Å². The molecule has 2 aromatic carbocycles. The average molecular weight is 439 g/mol. The first-order valence-electron chi connectivity index (χ1n) is 11.3. The highest BCUT2D eigenvalue weighted by atomic mass is 16.5. The van der Waals surface area contributed by atoms with E-state index in [0.29, 0.717) is 18.8 Å². The summed E-state index contributed by atoms with van der Waals surface area (Å²) >= 11 is 0. The van der Waals surface area contributed by atoms with Crippen molar-refractivity contribution in [1.29, 1.82) is 0 Å². The largest absolute Gasteiger partial charge is 0.494 e. The molecule has 0 saturated heterocycles. The number of ether oxygens (including phenoxy) is 1. The van der Waals surface area contributed by atoms with Crippen molar-refractivity contribution in [3.8, 4) is 17.0 Å². The smallest absolute Gasteiger partial charge is 0.273 e. The number of benzene rings is 2. The van der Waals surface area contributed by atoms with Crippen molar-refractivity contribution in [3.63, 3.8) is 0 Å². The fourth-order valence-corrected chi connectivity index (χ4v) is 4.32. The summed E-state index contributed by atoms with van der Waals surface area (Å²) in [6.07, 6.45) is 5.62. The van der Waals surface area contributed by atoms with Gasteiger partial charge in [0.2, 0.25) is 0 Å². The van der Waals surface area contributed by atoms with E-state index in [1.165, 1.54) is 0 Å². The summed E-state index contributed by atoms with van der Waals surface area (Å²) in [5, 5.41) is 7.56. The van der Waals surface area contributed by atoms with E-state index in [2.05, 4.69) is 28.2 Å². The maximum Gasteiger partial charge on any atom is 0.273 e. The second kappa shape index (κ2) is 9.28. The average Bonchev–Trinajstić information content (AvgIpc) is 3.40. The highest BCUT2D eigenvalue weighted by molar-refractivity contribution is 6.00. The Kier molecular flexibility index (Phi) is 5.89. The van der Waals surface area contributed by atoms with Crippen LogP contribution in [0.25, 0.3) is 11.3 Å². The van der Waals surface area contributed by atoms with Gasteiger partial charge in [-0.25, -0.2) is 0 Å². The topological polar surface area (TPSA) is 71.1 Å². The predicted molar refractivity (Wildman–Crippen MR) is 127 cm³/mol. The number of nitrogens with one attached hydrogen (secondary N) is 1. The molecule has 1 aliphatic rings. The normalized spacial score (nSPS) is 15.0. The van der Waals surface area contributed by atoms with Gasteiger partial charge in [-0.2, -0.15) is 5.10 Å². The fraction of sp³-hybridized carbons (Fsp3) is 0.222. The number of hydrogen-bond acceptors (Lipinski definition) is 4. The SMILES string of the molecule is CCCCOc1cccc(C2c3c(-c4ccccc4)n[nH]c3C(=O)N2Cc2cccnc2)c1. The number of amides is 1. The third kappa shape index (κ3) is 4.12. The summed E-state index contributed by atoms with van der Waals surface area (Å²) in [6, 6.07) is 21.6. The molecule has 166 valence electrons. The van der Waals surface area contributed by atoms with Crippen LogP contribution in [0.4, 0.5) is 0 Å². The lowest BCUT2D eigenvalue weighted by molar-refractivity contribution is 0.0729. The van der Waals surface area contributed by atoms with Crippen molar-refractivity contribution in [3.05, 3.63) is 102 Å². The van der Waals surface area contributed by atoms with Crippen molar-refractivity contribution in [2.45, 2.75) is 32.4 Å². The fourth-order valence-electron chi connectivity index (χ4n) is 4.32. The van der Waals surface area contributed by atoms with Crippen LogP contribution in [0.1, 0.15) is 53.0 Å². The van der Waals surface area contributed by atoms with Crippen LogP contribution in [-0.2, 0) is 6.54 Å². The summed E-state index contributed by atoms with van der Waals surface area (Å²) in [5.74, 6) is 0.749. The van der Waals surface area contributed by atoms with Crippen LogP contribution in [0.2, 0.25) is 0 Å². The van der Waals surface area contributed by atoms with Crippen LogP contribution >= 0.6 is 0 Å². The van der Waals surface area contributed by atoms with Gasteiger partial charge in [0.05, 0.1) is 18.3 Å². The Hall–Kier alpha value is -3.93. The van der Waals surface area contributed by atoms with Crippen molar-refractivity contribution < 1.29 is 9.53 Å². The first-order valence-corrected chi connectivity index (χ1v) is 11.3. The van der Waals surface area contributed by atoms with Gasteiger partial charge < -0.3 is 9.64 Å². The Labute approximate surface area is 193 Å². The van der Waals surface area contributed by atoms with E-state index in [4.69, 9.17) is 4.74 Å². The lowest BCUT2D eigenvalue weighted by Crippen LogP contribution is -2.29. The third-order valence-electron chi connectivity index (χ3n) is 5.93. The van der Waals surface area contributed by atoms with Gasteiger partial charge in [-0.1, -0.05) is 61.9 Å². The monoisotopic (exact) mass is 438 g/mol. The van der Waals surface area contributed by atoms with Gasteiger partial charge in [0.1, 0.15) is 11.4 Å². The molecule has 1 aliphatic heterocycles. The zero-order valence-electron chi connectivity index (χ0n) is 18.6. The zero-order valence-corrected chi connectivity index (χ0v) is 18.6. The van der Waals surface area contributed by atoms with Gasteiger partial charge in [0.15, 0.2) is 0 Å². The van der Waals surface area contributed by atoms with Gasteiger partial charge >= 0.3 is 0 Å². The van der Waals surface area contributed by atoms with Crippen molar-refractivity contribution in [1.82, 2.24) is 20.1 Å². The molecule has 4 aromatic rings. The molecule has 0 radical (unpaired) electrons. The highest BCUT2D eigenvalue weighted by Gasteiger charge is 2.42. The van der Waals surface area contributed by atoms with E-state index in [1.807, 2.05) is 65.6 Å². The predicted octanol–water partition coefficient (Wildman–Crippen LogP) is 5.40. The summed E-state index contributed by atoms with van der Waals surface area (Å²) in [7, 11) is 0. The van der Waals surface area contributed by atoms with Crippen LogP contribution in [-0.4, -0.2) is 32.6 Å². The molecule has 1 N–H and O–H groups in total. The minimum atomic E-state index is -0.281. The molecule has 33 heavy (non-hydrogen) atoms. The molecular formula is C27H26N4O2. The molecule has 0 fully saturated rings. The highest BCUT2D eigenvalue weighted by Crippen LogP contribution is 2.44. The van der Waals surface area contributed by atoms with Gasteiger partial charge in [-0.15, -0.1) is 0 Å². The van der Waals surface area contributed by atoms with Crippen molar-refractivity contribution >= 4 is 5.91 Å². The van der Waals surface area contributed by atoms with Crippen LogP contribution in [0, 0.1) is 0 Å². The number of aromatic nitrogens is 3. The molecule has 0 bridgehead atoms. The minimum Gasteiger partial charge on any atom is -0.494 e. The number of nitrogens with zero attached hydrogens (tertiary/aromatic N) is 3. The lowest BCUT2D eigenvalue weighted by Gasteiger charge is -2.26. The van der Waals surface area contributed by atoms with Gasteiger partial charge in [-0.3, -0.25) is 14.9 Å². The minimum absolute atomic E-state index is 0.0640. The molecule has 1 atom stereocenters. The van der Waals surface area contributed by atoms with Crippen molar-refractivity contribution in [2.75, 3.05) is 6.61 Å². The Morgan fingerprint density at radius 2 is 1.94 bits per heavy atom. The molecule has 5 rings (SSSR count). The van der Waals surface area contributed by atoms with Crippen LogP contribution in [0.5, 0.6) is 5.75 Å². The summed E-state index contributed by atoms with van der Waals surface area (Å²) in [4.78, 5) is 19.6. The molecule has 6 heteroatoms. The van der Waals surface area contributed by atoms with Crippen LogP contribution in [0.3, 0.4) is 0 Å². The number of hydrogen-bond donors (Lipinski definition) is 1. The molecule has 0 aliphatic carbocycles. The van der Waals surface area contributed by atoms with Gasteiger partial charge in [0, 0.05) is 30.1 Å². The Bertz CT molecular complexity index is 1240. The van der Waals surface area contributed by atoms with Crippen LogP contribution < -0.4 is 4.74 Å². The van der Waals surface area contributed by atoms with Crippen LogP contribution in [0.15, 0.2) is 79.1 Å². The Morgan fingerprint density at radius 1 is 1.06 bits per heavy atom. The maximum atomic E-state index is 13.5. The Balaban J connectivity index is 1.59. The second-order valence-corrected chi connectivity index (χ2v) is 8.20. The molecule has 0 saturated carbocycles. The molecule has 2 aromatic heterocycles. The first kappa shape index (κ1) is 20.9. The number of fused-ring (bicyclic) bond motifs is 1. The number of H-pyrrole nitrogens is 1. The first-order chi connectivity index (χ1) is 16.3. The summed E-state index contributed by atoms with van der Waals surface area (Å²) in [6.45, 7) is 3.27. The summed E-state index contributed by atoms with van der Waals surface area (Å²) in [5.41, 5.74) is 5.20. The van der Waals surface area contributed by atoms with E-state index < -0.39 is 0 Å². The molecule has 6 nitrogen and oxygen atoms in total. The lowest BCUT2D eigenvalue weighted by atomic mass is 9.96. The quantitative estimate of drug-likeness (QED) is 0.374. The van der Waals surface area contributed by atoms with E-state index >= 15 is 0 Å². The number of pyridine rings is 1. The van der Waals surface area contributed by atoms with Crippen molar-refractivity contribution in [2.24, 2.45) is 0 Å². The maximum absolute atomic E-state index is 13.5. The number of carbonyl (C=O) groups is 1. The molecule has 1 amide bonds. The number of aromatic amines is 1. The molecular weight excluding hydrogens is 412 g/mol. The molecule has 3 heterocycles. The molecule has 0 spiro atoms. The second-order valence-electron chi connectivity index (χ2n) is 8.20. The van der Waals surface area contributed by atoms with Gasteiger partial charge in [0.25, 0.3) is 5.91 Å². The summed E-state index contributed by atoms with van der Waals surface area (Å²) < 4.78 is 5.97. The number of rotatable bonds is 8. The zero-order chi connectivity index (χ0) is 22.6. The standard InChI is InChI=1S/C27H26N4O2/c1-2-3-15-33-22-13-7-12-21(16-22)26-23-24(20-10-5-4-6-11-20)29-30-25(23)27(32)31(26)18-19-9-8-14-28-17-19/h4-14,16-17,26H,2-3,15,18H2,1H3,(H,29,30). The van der Waals surface area contributed by atoms with E-state index in [9.17, 15) is 4.79 Å². The van der Waals surface area contributed by atoms with E-state index in [-0.39, 0.29) is 11.9 Å². The van der Waals surface area contributed by atoms with Gasteiger partial charge in [-0.05, 0) is 35.7 Å². The third-order valence-corrected chi connectivity index (χ3v) is 5.93. The molecule has 1 unspecified atom stereocenters. The van der Waals surface area contributed by atoms with E-state index in [0.717, 1.165) is 46.5 Å².